The van der Waals surface area contributed by atoms with E-state index in [0.29, 0.717) is 12.3 Å². The zero-order valence-electron chi connectivity index (χ0n) is 20.2. The minimum absolute atomic E-state index is 0.106. The van der Waals surface area contributed by atoms with Gasteiger partial charge in [0.2, 0.25) is 11.8 Å². The van der Waals surface area contributed by atoms with Gasteiger partial charge < -0.3 is 25.6 Å². The summed E-state index contributed by atoms with van der Waals surface area (Å²) < 4.78 is 5.16. The van der Waals surface area contributed by atoms with Crippen molar-refractivity contribution in [3.8, 4) is 0 Å². The summed E-state index contributed by atoms with van der Waals surface area (Å²) in [5, 5.41) is 24.7. The zero-order valence-corrected chi connectivity index (χ0v) is 20.2. The zero-order chi connectivity index (χ0) is 24.7. The number of nitrogens with one attached hydrogen (secondary N) is 2. The van der Waals surface area contributed by atoms with Crippen molar-refractivity contribution >= 4 is 17.6 Å². The van der Waals surface area contributed by atoms with Crippen LogP contribution in [-0.2, 0) is 25.5 Å². The number of carbonyl (C=O) groups is 3. The fourth-order valence-electron chi connectivity index (χ4n) is 4.84. The van der Waals surface area contributed by atoms with Crippen LogP contribution in [0.2, 0.25) is 0 Å². The van der Waals surface area contributed by atoms with Gasteiger partial charge in [-0.05, 0) is 43.1 Å². The molecular weight excluding hydrogens is 436 g/mol. The van der Waals surface area contributed by atoms with Crippen LogP contribution in [0, 0.1) is 17.8 Å². The Morgan fingerprint density at radius 3 is 2.38 bits per heavy atom. The summed E-state index contributed by atoms with van der Waals surface area (Å²) in [5.74, 6) is -0.938. The first kappa shape index (κ1) is 26.3. The van der Waals surface area contributed by atoms with Gasteiger partial charge in [0.15, 0.2) is 11.4 Å². The van der Waals surface area contributed by atoms with Crippen LogP contribution in [0.3, 0.4) is 0 Å². The minimum atomic E-state index is -1.25. The van der Waals surface area contributed by atoms with E-state index in [0.717, 1.165) is 32.1 Å². The summed E-state index contributed by atoms with van der Waals surface area (Å²) in [7, 11) is 0. The first-order valence-corrected chi connectivity index (χ1v) is 12.3. The molecule has 0 aromatic heterocycles. The van der Waals surface area contributed by atoms with E-state index in [1.54, 1.807) is 0 Å². The summed E-state index contributed by atoms with van der Waals surface area (Å²) in [6.45, 7) is 2.96. The van der Waals surface area contributed by atoms with Crippen molar-refractivity contribution in [3.05, 3.63) is 35.9 Å². The average Bonchev–Trinajstić information content (AvgIpc) is 3.63. The summed E-state index contributed by atoms with van der Waals surface area (Å²) in [4.78, 5) is 38.7. The molecule has 5 atom stereocenters. The Bertz CT molecular complexity index is 839. The van der Waals surface area contributed by atoms with E-state index >= 15 is 0 Å². The maximum absolute atomic E-state index is 13.0. The second-order valence-corrected chi connectivity index (χ2v) is 10.2. The average molecular weight is 475 g/mol. The number of rotatable bonds is 12. The number of amides is 2. The standard InChI is InChI=1S/C26H38N2O6/c1-17(2)11-21(23(31)26(15-30)16-34-26)27-25(33)22(14-29)28-24(32)20-10-6-9-19(13-20)12-18-7-4-3-5-8-18/h3-5,7-8,17,19-22,29-30H,6,9-16H2,1-2H3,(H,27,33)(H,28,32)/t19-,20?,21-,22-,26+/m0/s1. The van der Waals surface area contributed by atoms with E-state index < -0.39 is 36.8 Å². The van der Waals surface area contributed by atoms with Gasteiger partial charge in [0.1, 0.15) is 6.04 Å². The molecule has 1 aliphatic carbocycles. The highest BCUT2D eigenvalue weighted by molar-refractivity contribution is 5.98. The van der Waals surface area contributed by atoms with Gasteiger partial charge in [-0.2, -0.15) is 0 Å². The second kappa shape index (κ2) is 11.9. The second-order valence-electron chi connectivity index (χ2n) is 10.2. The normalized spacial score (nSPS) is 25.9. The van der Waals surface area contributed by atoms with Gasteiger partial charge in [-0.3, -0.25) is 14.4 Å². The van der Waals surface area contributed by atoms with Crippen LogP contribution in [0.1, 0.15) is 51.5 Å². The number of carbonyl (C=O) groups excluding carboxylic acids is 3. The fraction of sp³-hybridized carbons (Fsp3) is 0.654. The smallest absolute Gasteiger partial charge is 0.245 e. The molecule has 0 spiro atoms. The lowest BCUT2D eigenvalue weighted by molar-refractivity contribution is -0.135. The van der Waals surface area contributed by atoms with Crippen LogP contribution in [0.25, 0.3) is 0 Å². The summed E-state index contributed by atoms with van der Waals surface area (Å²) in [6.07, 6.45) is 4.79. The van der Waals surface area contributed by atoms with Crippen molar-refractivity contribution in [3.63, 3.8) is 0 Å². The van der Waals surface area contributed by atoms with Crippen LogP contribution >= 0.6 is 0 Å². The molecule has 1 heterocycles. The molecule has 8 heteroatoms. The van der Waals surface area contributed by atoms with Gasteiger partial charge in [-0.1, -0.05) is 57.0 Å². The highest BCUT2D eigenvalue weighted by Gasteiger charge is 2.54. The molecule has 1 aromatic rings. The highest BCUT2D eigenvalue weighted by atomic mass is 16.6. The van der Waals surface area contributed by atoms with Gasteiger partial charge >= 0.3 is 0 Å². The molecule has 1 aromatic carbocycles. The molecule has 4 N–H and O–H groups in total. The Labute approximate surface area is 201 Å². The van der Waals surface area contributed by atoms with E-state index in [2.05, 4.69) is 22.8 Å². The maximum Gasteiger partial charge on any atom is 0.245 e. The maximum atomic E-state index is 13.0. The monoisotopic (exact) mass is 474 g/mol. The van der Waals surface area contributed by atoms with E-state index in [4.69, 9.17) is 4.74 Å². The van der Waals surface area contributed by atoms with Crippen molar-refractivity contribution in [1.82, 2.24) is 10.6 Å². The lowest BCUT2D eigenvalue weighted by Crippen LogP contribution is -2.56. The quantitative estimate of drug-likeness (QED) is 0.339. The molecule has 1 saturated carbocycles. The summed E-state index contributed by atoms with van der Waals surface area (Å²) in [6, 6.07) is 8.20. The Morgan fingerprint density at radius 1 is 1.09 bits per heavy atom. The van der Waals surface area contributed by atoms with Gasteiger partial charge in [-0.25, -0.2) is 0 Å². The summed E-state index contributed by atoms with van der Waals surface area (Å²) in [5.41, 5.74) is 0.00281. The van der Waals surface area contributed by atoms with Crippen LogP contribution in [0.5, 0.6) is 0 Å². The molecule has 0 bridgehead atoms. The van der Waals surface area contributed by atoms with Crippen LogP contribution in [0.4, 0.5) is 0 Å². The van der Waals surface area contributed by atoms with E-state index in [-0.39, 0.29) is 30.1 Å². The minimum Gasteiger partial charge on any atom is -0.394 e. The number of hydrogen-bond donors (Lipinski definition) is 4. The van der Waals surface area contributed by atoms with Gasteiger partial charge in [-0.15, -0.1) is 0 Å². The number of ketones is 1. The van der Waals surface area contributed by atoms with E-state index in [9.17, 15) is 24.6 Å². The third kappa shape index (κ3) is 6.87. The third-order valence-electron chi connectivity index (χ3n) is 6.87. The Balaban J connectivity index is 1.57. The Morgan fingerprint density at radius 2 is 1.79 bits per heavy atom. The number of aliphatic hydroxyl groups is 2. The number of ether oxygens (including phenoxy) is 1. The lowest BCUT2D eigenvalue weighted by Gasteiger charge is -2.30. The number of aliphatic hydroxyl groups excluding tert-OH is 2. The lowest BCUT2D eigenvalue weighted by atomic mass is 9.78. The van der Waals surface area contributed by atoms with E-state index in [1.165, 1.54) is 5.56 Å². The molecule has 1 aliphatic heterocycles. The molecular formula is C26H38N2O6. The van der Waals surface area contributed by atoms with Crippen molar-refractivity contribution < 1.29 is 29.3 Å². The topological polar surface area (TPSA) is 128 Å². The SMILES string of the molecule is CC(C)C[C@H](NC(=O)[C@H](CO)NC(=O)C1CCC[C@@H](Cc2ccccc2)C1)C(=O)[C@@]1(CO)CO1. The first-order valence-electron chi connectivity index (χ1n) is 12.3. The first-order chi connectivity index (χ1) is 16.3. The molecule has 0 radical (unpaired) electrons. The molecule has 2 fully saturated rings. The van der Waals surface area contributed by atoms with Crippen molar-refractivity contribution in [2.24, 2.45) is 17.8 Å². The molecule has 8 nitrogen and oxygen atoms in total. The summed E-state index contributed by atoms with van der Waals surface area (Å²) >= 11 is 0. The molecule has 1 saturated heterocycles. The predicted octanol–water partition coefficient (Wildman–Crippen LogP) is 1.37. The predicted molar refractivity (Wildman–Crippen MR) is 127 cm³/mol. The van der Waals surface area contributed by atoms with Crippen LogP contribution < -0.4 is 10.6 Å². The van der Waals surface area contributed by atoms with Gasteiger partial charge in [0, 0.05) is 5.92 Å². The number of benzene rings is 1. The highest BCUT2D eigenvalue weighted by Crippen LogP contribution is 2.32. The molecule has 188 valence electrons. The third-order valence-corrected chi connectivity index (χ3v) is 6.87. The van der Waals surface area contributed by atoms with Crippen LogP contribution in [-0.4, -0.2) is 65.3 Å². The largest absolute Gasteiger partial charge is 0.394 e. The molecule has 2 aliphatic rings. The number of Topliss-reactive ketones (excluding diaryl/α,β-unsaturated/α-hetero) is 1. The Hall–Kier alpha value is -2.29. The van der Waals surface area contributed by atoms with Crippen molar-refractivity contribution in [1.29, 1.82) is 0 Å². The van der Waals surface area contributed by atoms with Crippen molar-refractivity contribution in [2.45, 2.75) is 70.1 Å². The molecule has 2 amide bonds. The van der Waals surface area contributed by atoms with E-state index in [1.807, 2.05) is 32.0 Å². The molecule has 34 heavy (non-hydrogen) atoms. The van der Waals surface area contributed by atoms with Crippen LogP contribution in [0.15, 0.2) is 30.3 Å². The Kier molecular flexibility index (Phi) is 9.22. The number of epoxide rings is 1. The fourth-order valence-corrected chi connectivity index (χ4v) is 4.84. The molecule has 3 rings (SSSR count). The number of hydrogen-bond acceptors (Lipinski definition) is 6. The van der Waals surface area contributed by atoms with Gasteiger partial charge in [0.25, 0.3) is 0 Å². The van der Waals surface area contributed by atoms with Crippen molar-refractivity contribution in [2.75, 3.05) is 19.8 Å². The molecule has 1 unspecified atom stereocenters. The van der Waals surface area contributed by atoms with Gasteiger partial charge in [0.05, 0.1) is 25.9 Å².